The summed E-state index contributed by atoms with van der Waals surface area (Å²) in [7, 11) is 0. The van der Waals surface area contributed by atoms with Crippen molar-refractivity contribution in [1.82, 2.24) is 5.32 Å². The Morgan fingerprint density at radius 2 is 2.29 bits per heavy atom. The molecule has 76 valence electrons. The Hall–Kier alpha value is -0.600. The van der Waals surface area contributed by atoms with Crippen molar-refractivity contribution in [2.45, 2.75) is 19.3 Å². The predicted octanol–water partition coefficient (Wildman–Crippen LogP) is 2.86. The van der Waals surface area contributed by atoms with Crippen molar-refractivity contribution in [2.24, 2.45) is 0 Å². The van der Waals surface area contributed by atoms with Gasteiger partial charge in [0.15, 0.2) is 0 Å². The molecule has 0 radical (unpaired) electrons. The van der Waals surface area contributed by atoms with E-state index >= 15 is 0 Å². The third kappa shape index (κ3) is 1.64. The number of hydrogen-bond acceptors (Lipinski definition) is 1. The lowest BCUT2D eigenvalue weighted by molar-refractivity contribution is 0.612. The van der Waals surface area contributed by atoms with Crippen LogP contribution in [0.15, 0.2) is 12.1 Å². The molecule has 1 aromatic rings. The van der Waals surface area contributed by atoms with Gasteiger partial charge in [-0.3, -0.25) is 0 Å². The topological polar surface area (TPSA) is 12.0 Å². The highest BCUT2D eigenvalue weighted by Gasteiger charge is 2.21. The largest absolute Gasteiger partial charge is 0.316 e. The zero-order chi connectivity index (χ0) is 10.1. The van der Waals surface area contributed by atoms with Crippen molar-refractivity contribution in [3.63, 3.8) is 0 Å². The summed E-state index contributed by atoms with van der Waals surface area (Å²) in [6.07, 6.45) is 1.04. The van der Waals surface area contributed by atoms with Crippen molar-refractivity contribution in [1.29, 1.82) is 0 Å². The van der Waals surface area contributed by atoms with E-state index in [1.165, 1.54) is 0 Å². The molecule has 3 heteroatoms. The number of rotatable bonds is 1. The lowest BCUT2D eigenvalue weighted by Gasteiger charge is -2.12. The molecule has 1 nitrogen and oxygen atoms in total. The van der Waals surface area contributed by atoms with Crippen LogP contribution >= 0.6 is 11.6 Å². The van der Waals surface area contributed by atoms with E-state index in [-0.39, 0.29) is 5.82 Å². The summed E-state index contributed by atoms with van der Waals surface area (Å²) in [6, 6.07) is 3.74. The van der Waals surface area contributed by atoms with E-state index < -0.39 is 0 Å². The molecular weight excluding hydrogens is 201 g/mol. The Balaban J connectivity index is 2.38. The molecule has 0 spiro atoms. The van der Waals surface area contributed by atoms with E-state index in [2.05, 4.69) is 5.32 Å². The van der Waals surface area contributed by atoms with Crippen LogP contribution in [0, 0.1) is 12.7 Å². The molecule has 0 saturated carbocycles. The van der Waals surface area contributed by atoms with Crippen LogP contribution in [-0.4, -0.2) is 13.1 Å². The number of hydrogen-bond donors (Lipinski definition) is 1. The first kappa shape index (κ1) is 9.94. The Bertz CT molecular complexity index is 345. The fourth-order valence-corrected chi connectivity index (χ4v) is 2.26. The van der Waals surface area contributed by atoms with Crippen LogP contribution in [0.4, 0.5) is 4.39 Å². The Morgan fingerprint density at radius 3 is 2.93 bits per heavy atom. The first-order valence-electron chi connectivity index (χ1n) is 4.85. The second-order valence-corrected chi connectivity index (χ2v) is 4.17. The highest BCUT2D eigenvalue weighted by atomic mass is 35.5. The van der Waals surface area contributed by atoms with Crippen molar-refractivity contribution in [3.05, 3.63) is 34.1 Å². The van der Waals surface area contributed by atoms with Gasteiger partial charge >= 0.3 is 0 Å². The molecule has 2 rings (SSSR count). The molecule has 1 aromatic carbocycles. The van der Waals surface area contributed by atoms with Crippen LogP contribution in [-0.2, 0) is 0 Å². The predicted molar refractivity (Wildman–Crippen MR) is 56.4 cm³/mol. The van der Waals surface area contributed by atoms with Gasteiger partial charge < -0.3 is 5.32 Å². The van der Waals surface area contributed by atoms with E-state index in [0.29, 0.717) is 16.5 Å². The fourth-order valence-electron chi connectivity index (χ4n) is 1.90. The number of aryl methyl sites for hydroxylation is 1. The van der Waals surface area contributed by atoms with E-state index in [1.807, 2.05) is 6.07 Å². The summed E-state index contributed by atoms with van der Waals surface area (Å²) in [5, 5.41) is 3.56. The maximum absolute atomic E-state index is 13.5. The van der Waals surface area contributed by atoms with Gasteiger partial charge in [0.05, 0.1) is 5.02 Å². The monoisotopic (exact) mass is 213 g/mol. The average molecular weight is 214 g/mol. The molecule has 14 heavy (non-hydrogen) atoms. The molecule has 1 saturated heterocycles. The zero-order valence-corrected chi connectivity index (χ0v) is 8.87. The highest BCUT2D eigenvalue weighted by molar-refractivity contribution is 6.31. The van der Waals surface area contributed by atoms with Crippen LogP contribution in [0.2, 0.25) is 5.02 Å². The third-order valence-corrected chi connectivity index (χ3v) is 3.19. The van der Waals surface area contributed by atoms with Crippen molar-refractivity contribution in [3.8, 4) is 0 Å². The first-order chi connectivity index (χ1) is 6.70. The van der Waals surface area contributed by atoms with E-state index in [9.17, 15) is 4.39 Å². The Morgan fingerprint density at radius 1 is 1.50 bits per heavy atom. The lowest BCUT2D eigenvalue weighted by Crippen LogP contribution is -2.08. The van der Waals surface area contributed by atoms with Gasteiger partial charge in [0, 0.05) is 6.54 Å². The summed E-state index contributed by atoms with van der Waals surface area (Å²) in [4.78, 5) is 0. The second-order valence-electron chi connectivity index (χ2n) is 3.79. The van der Waals surface area contributed by atoms with Crippen LogP contribution in [0.25, 0.3) is 0 Å². The lowest BCUT2D eigenvalue weighted by atomic mass is 9.97. The van der Waals surface area contributed by atoms with Gasteiger partial charge in [-0.2, -0.15) is 0 Å². The normalized spacial score (nSPS) is 21.5. The zero-order valence-electron chi connectivity index (χ0n) is 8.11. The summed E-state index contributed by atoms with van der Waals surface area (Å²) in [5.41, 5.74) is 1.56. The minimum Gasteiger partial charge on any atom is -0.316 e. The molecule has 1 heterocycles. The van der Waals surface area contributed by atoms with E-state index in [1.54, 1.807) is 13.0 Å². The van der Waals surface area contributed by atoms with Gasteiger partial charge in [-0.15, -0.1) is 0 Å². The van der Waals surface area contributed by atoms with Crippen LogP contribution in [0.1, 0.15) is 23.5 Å². The SMILES string of the molecule is Cc1ccc(C2CCNC2)c(Cl)c1F. The molecule has 1 atom stereocenters. The van der Waals surface area contributed by atoms with Crippen LogP contribution < -0.4 is 5.32 Å². The smallest absolute Gasteiger partial charge is 0.144 e. The Kier molecular flexibility index (Phi) is 2.75. The maximum Gasteiger partial charge on any atom is 0.144 e. The van der Waals surface area contributed by atoms with Gasteiger partial charge in [-0.25, -0.2) is 4.39 Å². The van der Waals surface area contributed by atoms with E-state index in [4.69, 9.17) is 11.6 Å². The average Bonchev–Trinajstić information content (AvgIpc) is 2.67. The summed E-state index contributed by atoms with van der Waals surface area (Å²) >= 11 is 5.98. The first-order valence-corrected chi connectivity index (χ1v) is 5.23. The van der Waals surface area contributed by atoms with Gasteiger partial charge in [0.1, 0.15) is 5.82 Å². The maximum atomic E-state index is 13.5. The number of benzene rings is 1. The molecule has 1 N–H and O–H groups in total. The molecule has 0 bridgehead atoms. The number of halogens is 2. The summed E-state index contributed by atoms with van der Waals surface area (Å²) in [6.45, 7) is 3.64. The standard InChI is InChI=1S/C11H13ClFN/c1-7-2-3-9(10(12)11(7)13)8-4-5-14-6-8/h2-3,8,14H,4-6H2,1H3. The van der Waals surface area contributed by atoms with Crippen molar-refractivity contribution >= 4 is 11.6 Å². The molecule has 0 amide bonds. The molecule has 0 aliphatic carbocycles. The molecule has 0 aromatic heterocycles. The summed E-state index contributed by atoms with van der Waals surface area (Å²) < 4.78 is 13.5. The van der Waals surface area contributed by atoms with E-state index in [0.717, 1.165) is 25.1 Å². The minimum atomic E-state index is -0.268. The molecular formula is C11H13ClFN. The number of nitrogens with one attached hydrogen (secondary N) is 1. The van der Waals surface area contributed by atoms with Gasteiger partial charge in [-0.1, -0.05) is 23.7 Å². The fraction of sp³-hybridized carbons (Fsp3) is 0.455. The Labute approximate surface area is 88.3 Å². The highest BCUT2D eigenvalue weighted by Crippen LogP contribution is 2.31. The summed E-state index contributed by atoms with van der Waals surface area (Å²) in [5.74, 6) is 0.105. The minimum absolute atomic E-state index is 0.268. The van der Waals surface area contributed by atoms with Crippen molar-refractivity contribution in [2.75, 3.05) is 13.1 Å². The third-order valence-electron chi connectivity index (χ3n) is 2.81. The molecule has 1 aliphatic rings. The van der Waals surface area contributed by atoms with Gasteiger partial charge in [0.25, 0.3) is 0 Å². The van der Waals surface area contributed by atoms with Gasteiger partial charge in [-0.05, 0) is 36.9 Å². The van der Waals surface area contributed by atoms with Crippen molar-refractivity contribution < 1.29 is 4.39 Å². The molecule has 1 fully saturated rings. The molecule has 1 unspecified atom stereocenters. The van der Waals surface area contributed by atoms with Crippen LogP contribution in [0.5, 0.6) is 0 Å². The van der Waals surface area contributed by atoms with Gasteiger partial charge in [0.2, 0.25) is 0 Å². The second kappa shape index (κ2) is 3.87. The van der Waals surface area contributed by atoms with Crippen LogP contribution in [0.3, 0.4) is 0 Å². The quantitative estimate of drug-likeness (QED) is 0.757. The molecule has 1 aliphatic heterocycles.